The molecule has 19 heavy (non-hydrogen) atoms. The summed E-state index contributed by atoms with van der Waals surface area (Å²) in [6, 6.07) is 0. The predicted octanol–water partition coefficient (Wildman–Crippen LogP) is 0.702. The highest BCUT2D eigenvalue weighted by molar-refractivity contribution is 5.99. The van der Waals surface area contributed by atoms with Gasteiger partial charge in [-0.05, 0) is 12.8 Å². The zero-order valence-corrected chi connectivity index (χ0v) is 10.4. The summed E-state index contributed by atoms with van der Waals surface area (Å²) in [5, 5.41) is 23.6. The third-order valence-corrected chi connectivity index (χ3v) is 2.47. The largest absolute Gasteiger partial charge is 0.481 e. The van der Waals surface area contributed by atoms with Crippen LogP contribution in [0.15, 0.2) is 6.20 Å². The molecule has 0 spiro atoms. The number of aromatic nitrogens is 2. The van der Waals surface area contributed by atoms with Gasteiger partial charge in [-0.25, -0.2) is 4.79 Å². The van der Waals surface area contributed by atoms with Crippen molar-refractivity contribution in [2.45, 2.75) is 25.7 Å². The number of nitrogens with zero attached hydrogens (tertiary/aromatic N) is 2. The summed E-state index contributed by atoms with van der Waals surface area (Å²) >= 11 is 0. The summed E-state index contributed by atoms with van der Waals surface area (Å²) in [6.07, 6.45) is 2.14. The van der Waals surface area contributed by atoms with Crippen LogP contribution in [0.3, 0.4) is 0 Å². The van der Waals surface area contributed by atoms with Crippen LogP contribution >= 0.6 is 0 Å². The lowest BCUT2D eigenvalue weighted by Crippen LogP contribution is -2.16. The lowest BCUT2D eigenvalue weighted by atomic mass is 10.2. The second kappa shape index (κ2) is 6.53. The van der Waals surface area contributed by atoms with Crippen LogP contribution < -0.4 is 5.32 Å². The fourth-order valence-corrected chi connectivity index (χ4v) is 1.50. The number of hydrogen-bond donors (Lipinski definition) is 3. The summed E-state index contributed by atoms with van der Waals surface area (Å²) in [5.41, 5.74) is -0.0821. The fourth-order valence-electron chi connectivity index (χ4n) is 1.50. The zero-order chi connectivity index (χ0) is 14.4. The maximum absolute atomic E-state index is 11.6. The van der Waals surface area contributed by atoms with Crippen molar-refractivity contribution in [3.8, 4) is 0 Å². The van der Waals surface area contributed by atoms with Gasteiger partial charge in [0.05, 0.1) is 6.20 Å². The number of rotatable bonds is 7. The minimum atomic E-state index is -1.17. The SMILES string of the molecule is Cn1ncc(C(=O)O)c1NC(=O)CCCCC(=O)O. The van der Waals surface area contributed by atoms with E-state index in [0.717, 1.165) is 6.20 Å². The number of aryl methyl sites for hydroxylation is 1. The molecule has 0 unspecified atom stereocenters. The Kier molecular flexibility index (Phi) is 5.04. The smallest absolute Gasteiger partial charge is 0.341 e. The highest BCUT2D eigenvalue weighted by Gasteiger charge is 2.16. The molecular weight excluding hydrogens is 254 g/mol. The van der Waals surface area contributed by atoms with Crippen LogP contribution in [0.25, 0.3) is 0 Å². The average molecular weight is 269 g/mol. The Labute approximate surface area is 109 Å². The third-order valence-electron chi connectivity index (χ3n) is 2.47. The first-order chi connectivity index (χ1) is 8.91. The van der Waals surface area contributed by atoms with Crippen molar-refractivity contribution in [2.75, 3.05) is 5.32 Å². The van der Waals surface area contributed by atoms with E-state index in [-0.39, 0.29) is 30.1 Å². The molecule has 1 aromatic heterocycles. The Hall–Kier alpha value is -2.38. The van der Waals surface area contributed by atoms with Crippen molar-refractivity contribution >= 4 is 23.7 Å². The highest BCUT2D eigenvalue weighted by Crippen LogP contribution is 2.14. The van der Waals surface area contributed by atoms with Crippen molar-refractivity contribution < 1.29 is 24.6 Å². The number of anilines is 1. The molecule has 1 aromatic rings. The molecule has 0 aliphatic carbocycles. The number of aliphatic carboxylic acids is 1. The van der Waals surface area contributed by atoms with Crippen LogP contribution in [0, 0.1) is 0 Å². The van der Waals surface area contributed by atoms with Gasteiger partial charge in [0, 0.05) is 19.9 Å². The van der Waals surface area contributed by atoms with Gasteiger partial charge < -0.3 is 15.5 Å². The molecule has 0 atom stereocenters. The van der Waals surface area contributed by atoms with Crippen LogP contribution in [0.5, 0.6) is 0 Å². The summed E-state index contributed by atoms with van der Waals surface area (Å²) < 4.78 is 1.26. The molecule has 0 aliphatic rings. The minimum absolute atomic E-state index is 0.0133. The maximum atomic E-state index is 11.6. The van der Waals surface area contributed by atoms with E-state index < -0.39 is 11.9 Å². The molecule has 0 bridgehead atoms. The topological polar surface area (TPSA) is 122 Å². The monoisotopic (exact) mass is 269 g/mol. The summed E-state index contributed by atoms with van der Waals surface area (Å²) in [5.74, 6) is -2.32. The number of carboxylic acid groups (broad SMARTS) is 2. The lowest BCUT2D eigenvalue weighted by Gasteiger charge is -2.06. The van der Waals surface area contributed by atoms with Gasteiger partial charge in [-0.2, -0.15) is 5.10 Å². The normalized spacial score (nSPS) is 10.2. The molecule has 1 heterocycles. The second-order valence-corrected chi connectivity index (χ2v) is 3.98. The van der Waals surface area contributed by atoms with Crippen LogP contribution in [0.1, 0.15) is 36.0 Å². The Morgan fingerprint density at radius 3 is 2.47 bits per heavy atom. The molecule has 0 aromatic carbocycles. The van der Waals surface area contributed by atoms with Gasteiger partial charge in [0.2, 0.25) is 5.91 Å². The lowest BCUT2D eigenvalue weighted by molar-refractivity contribution is -0.137. The van der Waals surface area contributed by atoms with Crippen LogP contribution in [-0.4, -0.2) is 37.8 Å². The number of nitrogens with one attached hydrogen (secondary N) is 1. The summed E-state index contributed by atoms with van der Waals surface area (Å²) in [6.45, 7) is 0. The Balaban J connectivity index is 2.50. The van der Waals surface area contributed by atoms with E-state index >= 15 is 0 Å². The molecule has 8 nitrogen and oxygen atoms in total. The van der Waals surface area contributed by atoms with E-state index in [9.17, 15) is 14.4 Å². The Bertz CT molecular complexity index is 495. The van der Waals surface area contributed by atoms with E-state index in [1.54, 1.807) is 0 Å². The van der Waals surface area contributed by atoms with E-state index in [1.807, 2.05) is 0 Å². The number of unbranched alkanes of at least 4 members (excludes halogenated alkanes) is 1. The van der Waals surface area contributed by atoms with Crippen molar-refractivity contribution in [3.05, 3.63) is 11.8 Å². The van der Waals surface area contributed by atoms with E-state index in [0.29, 0.717) is 12.8 Å². The first-order valence-corrected chi connectivity index (χ1v) is 5.68. The quantitative estimate of drug-likeness (QED) is 0.626. The van der Waals surface area contributed by atoms with Crippen LogP contribution in [0.4, 0.5) is 5.82 Å². The van der Waals surface area contributed by atoms with Crippen LogP contribution in [0.2, 0.25) is 0 Å². The van der Waals surface area contributed by atoms with Gasteiger partial charge in [-0.1, -0.05) is 0 Å². The molecule has 0 saturated heterocycles. The number of aromatic carboxylic acids is 1. The number of carbonyl (C=O) groups excluding carboxylic acids is 1. The first-order valence-electron chi connectivity index (χ1n) is 5.68. The Morgan fingerprint density at radius 1 is 1.26 bits per heavy atom. The van der Waals surface area contributed by atoms with Gasteiger partial charge in [0.15, 0.2) is 0 Å². The van der Waals surface area contributed by atoms with Gasteiger partial charge in [-0.3, -0.25) is 14.3 Å². The molecule has 104 valence electrons. The molecule has 1 rings (SSSR count). The first kappa shape index (κ1) is 14.7. The van der Waals surface area contributed by atoms with Gasteiger partial charge in [0.25, 0.3) is 0 Å². The van der Waals surface area contributed by atoms with Crippen molar-refractivity contribution in [1.29, 1.82) is 0 Å². The van der Waals surface area contributed by atoms with E-state index in [4.69, 9.17) is 10.2 Å². The van der Waals surface area contributed by atoms with Crippen LogP contribution in [-0.2, 0) is 16.6 Å². The van der Waals surface area contributed by atoms with E-state index in [1.165, 1.54) is 11.7 Å². The number of carboxylic acids is 2. The molecule has 0 radical (unpaired) electrons. The molecule has 0 saturated carbocycles. The average Bonchev–Trinajstić information content (AvgIpc) is 2.66. The van der Waals surface area contributed by atoms with Gasteiger partial charge >= 0.3 is 11.9 Å². The molecule has 0 fully saturated rings. The highest BCUT2D eigenvalue weighted by atomic mass is 16.4. The predicted molar refractivity (Wildman–Crippen MR) is 64.9 cm³/mol. The van der Waals surface area contributed by atoms with Gasteiger partial charge in [-0.15, -0.1) is 0 Å². The Morgan fingerprint density at radius 2 is 1.89 bits per heavy atom. The molecule has 3 N–H and O–H groups in total. The van der Waals surface area contributed by atoms with Crippen molar-refractivity contribution in [2.24, 2.45) is 7.05 Å². The molecular formula is C11H15N3O5. The number of amides is 1. The van der Waals surface area contributed by atoms with Crippen molar-refractivity contribution in [1.82, 2.24) is 9.78 Å². The number of hydrogen-bond acceptors (Lipinski definition) is 4. The van der Waals surface area contributed by atoms with E-state index in [2.05, 4.69) is 10.4 Å². The second-order valence-electron chi connectivity index (χ2n) is 3.98. The summed E-state index contributed by atoms with van der Waals surface area (Å²) in [7, 11) is 1.52. The molecule has 0 aliphatic heterocycles. The third kappa shape index (κ3) is 4.41. The van der Waals surface area contributed by atoms with Gasteiger partial charge in [0.1, 0.15) is 11.4 Å². The standard InChI is InChI=1S/C11H15N3O5/c1-14-10(7(6-12-14)11(18)19)13-8(15)4-2-3-5-9(16)17/h6H,2-5H2,1H3,(H,13,15)(H,16,17)(H,18,19). The molecule has 1 amide bonds. The zero-order valence-electron chi connectivity index (χ0n) is 10.4. The minimum Gasteiger partial charge on any atom is -0.481 e. The number of carbonyl (C=O) groups is 3. The summed E-state index contributed by atoms with van der Waals surface area (Å²) in [4.78, 5) is 32.8. The van der Waals surface area contributed by atoms with Crippen molar-refractivity contribution in [3.63, 3.8) is 0 Å². The fraction of sp³-hybridized carbons (Fsp3) is 0.455. The maximum Gasteiger partial charge on any atom is 0.341 e. The molecule has 8 heteroatoms.